The molecule has 0 N–H and O–H groups in total. The minimum atomic E-state index is 0.583. The lowest BCUT2D eigenvalue weighted by molar-refractivity contribution is 0.172. The normalized spacial score (nSPS) is 10.6. The molecule has 0 aliphatic carbocycles. The van der Waals surface area contributed by atoms with Gasteiger partial charge in [-0.15, -0.1) is 0 Å². The molecule has 0 spiro atoms. The van der Waals surface area contributed by atoms with Crippen LogP contribution < -0.4 is 0 Å². The Morgan fingerprint density at radius 3 is 2.57 bits per heavy atom. The van der Waals surface area contributed by atoms with Crippen molar-refractivity contribution in [3.8, 4) is 0 Å². The van der Waals surface area contributed by atoms with Gasteiger partial charge >= 0.3 is 0 Å². The molecule has 0 heterocycles. The zero-order chi connectivity index (χ0) is 9.80. The summed E-state index contributed by atoms with van der Waals surface area (Å²) in [5, 5.41) is 2.54. The van der Waals surface area contributed by atoms with Crippen molar-refractivity contribution < 1.29 is 4.74 Å². The highest BCUT2D eigenvalue weighted by atomic mass is 79.9. The minimum absolute atomic E-state index is 0.583. The third-order valence-corrected chi connectivity index (χ3v) is 2.48. The van der Waals surface area contributed by atoms with Crippen LogP contribution in [0.2, 0.25) is 0 Å². The van der Waals surface area contributed by atoms with Crippen molar-refractivity contribution in [2.24, 2.45) is 0 Å². The van der Waals surface area contributed by atoms with Crippen LogP contribution in [0.4, 0.5) is 0 Å². The highest BCUT2D eigenvalue weighted by Gasteiger charge is 1.95. The smallest absolute Gasteiger partial charge is 0.102 e. The highest BCUT2D eigenvalue weighted by molar-refractivity contribution is 9.09. The van der Waals surface area contributed by atoms with Crippen LogP contribution in [0.3, 0.4) is 0 Å². The number of benzene rings is 2. The third-order valence-electron chi connectivity index (χ3n) is 2.16. The first-order chi connectivity index (χ1) is 6.90. The van der Waals surface area contributed by atoms with Crippen LogP contribution in [0.15, 0.2) is 42.5 Å². The van der Waals surface area contributed by atoms with Gasteiger partial charge in [0, 0.05) is 0 Å². The van der Waals surface area contributed by atoms with Crippen molar-refractivity contribution in [1.29, 1.82) is 0 Å². The van der Waals surface area contributed by atoms with Gasteiger partial charge in [0.15, 0.2) is 0 Å². The van der Waals surface area contributed by atoms with E-state index in [-0.39, 0.29) is 0 Å². The van der Waals surface area contributed by atoms with Gasteiger partial charge in [-0.2, -0.15) is 0 Å². The third kappa shape index (κ3) is 2.14. The van der Waals surface area contributed by atoms with Crippen molar-refractivity contribution in [3.05, 3.63) is 48.0 Å². The van der Waals surface area contributed by atoms with E-state index in [4.69, 9.17) is 4.74 Å². The van der Waals surface area contributed by atoms with E-state index in [2.05, 4.69) is 58.4 Å². The second-order valence-corrected chi connectivity index (χ2v) is 3.60. The lowest BCUT2D eigenvalue weighted by Crippen LogP contribution is -1.89. The number of alkyl halides is 1. The van der Waals surface area contributed by atoms with E-state index in [0.717, 1.165) is 0 Å². The van der Waals surface area contributed by atoms with Crippen LogP contribution in [-0.4, -0.2) is 5.52 Å². The maximum absolute atomic E-state index is 5.29. The van der Waals surface area contributed by atoms with Gasteiger partial charge in [0.1, 0.15) is 5.52 Å². The molecule has 14 heavy (non-hydrogen) atoms. The summed E-state index contributed by atoms with van der Waals surface area (Å²) in [6.45, 7) is 0.663. The molecular formula is C12H11BrO. The maximum atomic E-state index is 5.29. The molecule has 0 saturated carbocycles. The van der Waals surface area contributed by atoms with Gasteiger partial charge in [-0.3, -0.25) is 0 Å². The Hall–Kier alpha value is -0.860. The van der Waals surface area contributed by atoms with Gasteiger partial charge in [0.05, 0.1) is 6.61 Å². The Kier molecular flexibility index (Phi) is 3.17. The summed E-state index contributed by atoms with van der Waals surface area (Å²) in [7, 11) is 0. The molecule has 0 aliphatic rings. The van der Waals surface area contributed by atoms with Gasteiger partial charge in [-0.1, -0.05) is 52.3 Å². The van der Waals surface area contributed by atoms with Crippen LogP contribution in [0, 0.1) is 0 Å². The van der Waals surface area contributed by atoms with Crippen LogP contribution in [0.5, 0.6) is 0 Å². The zero-order valence-corrected chi connectivity index (χ0v) is 9.33. The summed E-state index contributed by atoms with van der Waals surface area (Å²) in [6, 6.07) is 14.7. The molecule has 2 aromatic carbocycles. The van der Waals surface area contributed by atoms with E-state index < -0.39 is 0 Å². The van der Waals surface area contributed by atoms with Crippen molar-refractivity contribution in [2.75, 3.05) is 5.52 Å². The Morgan fingerprint density at radius 2 is 1.79 bits per heavy atom. The lowest BCUT2D eigenvalue weighted by atomic mass is 10.1. The molecular weight excluding hydrogens is 240 g/mol. The molecule has 1 nitrogen and oxygen atoms in total. The standard InChI is InChI=1S/C12H11BrO/c13-9-14-8-10-5-6-11-3-1-2-4-12(11)7-10/h1-7H,8-9H2. The SMILES string of the molecule is BrCOCc1ccc2ccccc2c1. The minimum Gasteiger partial charge on any atom is -0.366 e. The zero-order valence-electron chi connectivity index (χ0n) is 7.74. The van der Waals surface area contributed by atoms with E-state index in [0.29, 0.717) is 12.1 Å². The number of rotatable bonds is 3. The van der Waals surface area contributed by atoms with E-state index in [1.165, 1.54) is 16.3 Å². The fraction of sp³-hybridized carbons (Fsp3) is 0.167. The van der Waals surface area contributed by atoms with Gasteiger partial charge in [-0.05, 0) is 22.4 Å². The summed E-state index contributed by atoms with van der Waals surface area (Å²) < 4.78 is 5.29. The first-order valence-electron chi connectivity index (χ1n) is 4.51. The van der Waals surface area contributed by atoms with Crippen LogP contribution in [0.1, 0.15) is 5.56 Å². The molecule has 0 atom stereocenters. The van der Waals surface area contributed by atoms with Crippen molar-refractivity contribution >= 4 is 26.7 Å². The number of hydrogen-bond donors (Lipinski definition) is 0. The van der Waals surface area contributed by atoms with Crippen molar-refractivity contribution in [2.45, 2.75) is 6.61 Å². The maximum Gasteiger partial charge on any atom is 0.102 e. The highest BCUT2D eigenvalue weighted by Crippen LogP contribution is 2.16. The number of ether oxygens (including phenoxy) is 1. The number of halogens is 1. The second kappa shape index (κ2) is 4.58. The molecule has 2 aromatic rings. The van der Waals surface area contributed by atoms with Crippen molar-refractivity contribution in [3.63, 3.8) is 0 Å². The monoisotopic (exact) mass is 250 g/mol. The summed E-state index contributed by atoms with van der Waals surface area (Å²) in [4.78, 5) is 0. The van der Waals surface area contributed by atoms with E-state index in [1.54, 1.807) is 0 Å². The predicted molar refractivity (Wildman–Crippen MR) is 62.5 cm³/mol. The van der Waals surface area contributed by atoms with Crippen molar-refractivity contribution in [1.82, 2.24) is 0 Å². The Labute approximate surface area is 91.8 Å². The van der Waals surface area contributed by atoms with Crippen LogP contribution in [0.25, 0.3) is 10.8 Å². The largest absolute Gasteiger partial charge is 0.366 e. The molecule has 0 radical (unpaired) electrons. The van der Waals surface area contributed by atoms with E-state index in [9.17, 15) is 0 Å². The Morgan fingerprint density at radius 1 is 1.00 bits per heavy atom. The molecule has 0 saturated heterocycles. The fourth-order valence-corrected chi connectivity index (χ4v) is 1.65. The van der Waals surface area contributed by atoms with Crippen LogP contribution >= 0.6 is 15.9 Å². The summed E-state index contributed by atoms with van der Waals surface area (Å²) >= 11 is 3.23. The molecule has 0 bridgehead atoms. The molecule has 0 amide bonds. The van der Waals surface area contributed by atoms with Gasteiger partial charge in [0.2, 0.25) is 0 Å². The second-order valence-electron chi connectivity index (χ2n) is 3.14. The quantitative estimate of drug-likeness (QED) is 0.755. The topological polar surface area (TPSA) is 9.23 Å². The Bertz CT molecular complexity index is 425. The molecule has 0 aromatic heterocycles. The van der Waals surface area contributed by atoms with E-state index in [1.807, 2.05) is 0 Å². The van der Waals surface area contributed by atoms with Crippen LogP contribution in [-0.2, 0) is 11.3 Å². The fourth-order valence-electron chi connectivity index (χ4n) is 1.48. The first kappa shape index (κ1) is 9.69. The first-order valence-corrected chi connectivity index (χ1v) is 5.64. The average Bonchev–Trinajstić information content (AvgIpc) is 2.26. The van der Waals surface area contributed by atoms with Gasteiger partial charge < -0.3 is 4.74 Å². The number of fused-ring (bicyclic) bond motifs is 1. The average molecular weight is 251 g/mol. The molecule has 0 aliphatic heterocycles. The molecule has 0 fully saturated rings. The summed E-state index contributed by atoms with van der Waals surface area (Å²) in [5.41, 5.74) is 1.79. The van der Waals surface area contributed by atoms with Gasteiger partial charge in [-0.25, -0.2) is 0 Å². The van der Waals surface area contributed by atoms with E-state index >= 15 is 0 Å². The molecule has 72 valence electrons. The summed E-state index contributed by atoms with van der Waals surface area (Å²) in [6.07, 6.45) is 0. The predicted octanol–water partition coefficient (Wildman–Crippen LogP) is 3.71. The van der Waals surface area contributed by atoms with Gasteiger partial charge in [0.25, 0.3) is 0 Å². The number of hydrogen-bond acceptors (Lipinski definition) is 1. The Balaban J connectivity index is 2.32. The molecule has 0 unspecified atom stereocenters. The molecule has 2 rings (SSSR count). The summed E-state index contributed by atoms with van der Waals surface area (Å²) in [5.74, 6) is 0. The molecule has 2 heteroatoms. The lowest BCUT2D eigenvalue weighted by Gasteiger charge is -2.02.